The molecule has 0 saturated heterocycles. The van der Waals surface area contributed by atoms with E-state index in [-0.39, 0.29) is 0 Å². The minimum Gasteiger partial charge on any atom is -0.481 e. The zero-order valence-corrected chi connectivity index (χ0v) is 18.0. The second kappa shape index (κ2) is 23.7. The van der Waals surface area contributed by atoms with Crippen LogP contribution in [0.4, 0.5) is 4.79 Å². The predicted molar refractivity (Wildman–Crippen MR) is 115 cm³/mol. The van der Waals surface area contributed by atoms with Crippen molar-refractivity contribution >= 4 is 12.1 Å². The van der Waals surface area contributed by atoms with E-state index in [1.165, 1.54) is 70.6 Å². The zero-order chi connectivity index (χ0) is 22.1. The molecule has 1 amide bonds. The first-order valence-electron chi connectivity index (χ1n) is 11.1. The lowest BCUT2D eigenvalue weighted by atomic mass is 10.0. The molecule has 0 heterocycles. The summed E-state index contributed by atoms with van der Waals surface area (Å²) >= 11 is 0. The Morgan fingerprint density at radius 3 is 1.37 bits per heavy atom. The molecule has 0 unspecified atom stereocenters. The van der Waals surface area contributed by atoms with E-state index in [1.807, 2.05) is 5.43 Å². The molecule has 0 aliphatic carbocycles. The summed E-state index contributed by atoms with van der Waals surface area (Å²) < 4.78 is 0. The van der Waals surface area contributed by atoms with Crippen LogP contribution in [0.2, 0.25) is 0 Å². The molecule has 0 aromatic heterocycles. The maximum Gasteiger partial charge on any atom is 0.420 e. The Bertz CT molecular complexity index is 368. The van der Waals surface area contributed by atoms with Gasteiger partial charge in [-0.1, -0.05) is 77.0 Å². The van der Waals surface area contributed by atoms with Crippen LogP contribution in [-0.2, 0) is 4.79 Å². The maximum absolute atomic E-state index is 10.4. The highest BCUT2D eigenvalue weighted by Crippen LogP contribution is 2.13. The average molecular weight is 435 g/mol. The number of amides is 1. The fourth-order valence-corrected chi connectivity index (χ4v) is 2.93. The number of rotatable bonds is 24. The van der Waals surface area contributed by atoms with Crippen LogP contribution in [0.25, 0.3) is 0 Å². The largest absolute Gasteiger partial charge is 0.481 e. The lowest BCUT2D eigenvalue weighted by molar-refractivity contribution is -0.137. The molecule has 0 rings (SSSR count). The molecule has 30 heavy (non-hydrogen) atoms. The van der Waals surface area contributed by atoms with Crippen LogP contribution in [0.15, 0.2) is 0 Å². The third kappa shape index (κ3) is 26.5. The predicted octanol–water partition coefficient (Wildman–Crippen LogP) is 1.72. The molecule has 0 aliphatic heterocycles. The topological polar surface area (TPSA) is 171 Å². The van der Waals surface area contributed by atoms with Crippen LogP contribution in [-0.4, -0.2) is 28.8 Å². The van der Waals surface area contributed by atoms with Crippen LogP contribution in [0.3, 0.4) is 0 Å². The van der Waals surface area contributed by atoms with Crippen LogP contribution in [0, 0.1) is 0 Å². The SMILES string of the molecule is O=C(O)CCCCCCCCCCCCCCCCNNNNNNNNC(=O)O. The number of carboxylic acid groups (broad SMARTS) is 2. The van der Waals surface area contributed by atoms with Gasteiger partial charge in [-0.05, 0) is 12.8 Å². The summed E-state index contributed by atoms with van der Waals surface area (Å²) in [6, 6.07) is 0. The van der Waals surface area contributed by atoms with Gasteiger partial charge in [0, 0.05) is 13.0 Å². The molecule has 0 spiro atoms. The molecular formula is C18H42N8O4. The van der Waals surface area contributed by atoms with E-state index in [0.29, 0.717) is 6.42 Å². The van der Waals surface area contributed by atoms with Crippen molar-refractivity contribution in [3.63, 3.8) is 0 Å². The molecule has 0 radical (unpaired) electrons. The van der Waals surface area contributed by atoms with Crippen molar-refractivity contribution in [2.45, 2.75) is 96.3 Å². The molecule has 0 atom stereocenters. The molecule has 0 aromatic carbocycles. The van der Waals surface area contributed by atoms with Gasteiger partial charge in [0.1, 0.15) is 0 Å². The average Bonchev–Trinajstić information content (AvgIpc) is 2.70. The number of hydrogen-bond donors (Lipinski definition) is 10. The molecule has 12 heteroatoms. The van der Waals surface area contributed by atoms with Crippen molar-refractivity contribution in [1.29, 1.82) is 0 Å². The van der Waals surface area contributed by atoms with Gasteiger partial charge in [-0.2, -0.15) is 33.2 Å². The Morgan fingerprint density at radius 1 is 0.500 bits per heavy atom. The van der Waals surface area contributed by atoms with Gasteiger partial charge in [-0.15, -0.1) is 0 Å². The summed E-state index contributed by atoms with van der Waals surface area (Å²) in [6.45, 7) is 0.844. The molecule has 12 nitrogen and oxygen atoms in total. The lowest BCUT2D eigenvalue weighted by Crippen LogP contribution is -2.63. The number of unbranched alkanes of at least 4 members (excludes halogenated alkanes) is 13. The van der Waals surface area contributed by atoms with Crippen molar-refractivity contribution < 1.29 is 19.8 Å². The minimum absolute atomic E-state index is 0.312. The molecular weight excluding hydrogens is 392 g/mol. The Morgan fingerprint density at radius 2 is 0.900 bits per heavy atom. The highest BCUT2D eigenvalue weighted by molar-refractivity contribution is 5.66. The van der Waals surface area contributed by atoms with Gasteiger partial charge in [0.2, 0.25) is 0 Å². The van der Waals surface area contributed by atoms with Crippen molar-refractivity contribution in [2.24, 2.45) is 0 Å². The second-order valence-electron chi connectivity index (χ2n) is 7.20. The maximum atomic E-state index is 10.4. The van der Waals surface area contributed by atoms with Crippen molar-refractivity contribution in [3.05, 3.63) is 0 Å². The Hall–Kier alpha value is -1.54. The molecule has 178 valence electrons. The van der Waals surface area contributed by atoms with E-state index < -0.39 is 12.1 Å². The van der Waals surface area contributed by atoms with Crippen LogP contribution in [0.5, 0.6) is 0 Å². The summed E-state index contributed by atoms with van der Waals surface area (Å²) in [5, 5.41) is 16.9. The normalized spacial score (nSPS) is 10.9. The van der Waals surface area contributed by atoms with E-state index in [4.69, 9.17) is 10.2 Å². The minimum atomic E-state index is -1.20. The first-order chi connectivity index (χ1) is 14.6. The van der Waals surface area contributed by atoms with E-state index in [2.05, 4.69) is 38.6 Å². The quantitative estimate of drug-likeness (QED) is 0.0792. The number of nitrogens with one attached hydrogen (secondary N) is 8. The summed E-state index contributed by atoms with van der Waals surface area (Å²) in [4.78, 5) is 20.5. The number of aliphatic carboxylic acids is 1. The summed E-state index contributed by atoms with van der Waals surface area (Å²) in [6.07, 6.45) is 16.1. The summed E-state index contributed by atoms with van der Waals surface area (Å²) in [5.74, 6) is -0.680. The lowest BCUT2D eigenvalue weighted by Gasteiger charge is -2.11. The van der Waals surface area contributed by atoms with E-state index >= 15 is 0 Å². The number of hydrogen-bond acceptors (Lipinski definition) is 9. The van der Waals surface area contributed by atoms with E-state index in [9.17, 15) is 9.59 Å². The number of carboxylic acids is 1. The molecule has 0 fully saturated rings. The monoisotopic (exact) mass is 434 g/mol. The van der Waals surface area contributed by atoms with Gasteiger partial charge in [0.05, 0.1) is 0 Å². The molecule has 0 saturated carbocycles. The Labute approximate surface area is 179 Å². The fourth-order valence-electron chi connectivity index (χ4n) is 2.93. The molecule has 0 bridgehead atoms. The second-order valence-corrected chi connectivity index (χ2v) is 7.20. The molecule has 0 aliphatic rings. The zero-order valence-electron chi connectivity index (χ0n) is 18.0. The Balaban J connectivity index is 3.02. The van der Waals surface area contributed by atoms with Gasteiger partial charge < -0.3 is 10.2 Å². The fraction of sp³-hybridized carbons (Fsp3) is 0.889. The van der Waals surface area contributed by atoms with Crippen molar-refractivity contribution in [2.75, 3.05) is 6.54 Å². The van der Waals surface area contributed by atoms with Crippen LogP contribution >= 0.6 is 0 Å². The van der Waals surface area contributed by atoms with Crippen LogP contribution < -0.4 is 44.1 Å². The van der Waals surface area contributed by atoms with Gasteiger partial charge in [-0.3, -0.25) is 4.79 Å². The van der Waals surface area contributed by atoms with Crippen LogP contribution in [0.1, 0.15) is 96.3 Å². The third-order valence-electron chi connectivity index (χ3n) is 4.51. The van der Waals surface area contributed by atoms with Gasteiger partial charge >= 0.3 is 12.1 Å². The Kier molecular flexibility index (Phi) is 22.5. The highest BCUT2D eigenvalue weighted by atomic mass is 16.4. The molecule has 0 aromatic rings. The first kappa shape index (κ1) is 28.5. The van der Waals surface area contributed by atoms with Gasteiger partial charge in [-0.25, -0.2) is 15.6 Å². The standard InChI is InChI=1S/C18H42N8O4/c27-17(28)15-13-11-9-7-5-3-1-2-4-6-8-10-12-14-16-19-21-23-25-26-24-22-20-18(29)30/h19-26H,1-16H2,(H,27,28)(H,29,30). The highest BCUT2D eigenvalue weighted by Gasteiger charge is 1.97. The summed E-state index contributed by atoms with van der Waals surface area (Å²) in [5.41, 5.74) is 19.7. The van der Waals surface area contributed by atoms with Crippen molar-refractivity contribution in [1.82, 2.24) is 44.1 Å². The number of carbonyl (C=O) groups is 2. The summed E-state index contributed by atoms with van der Waals surface area (Å²) in [7, 11) is 0. The van der Waals surface area contributed by atoms with E-state index in [0.717, 1.165) is 25.8 Å². The van der Waals surface area contributed by atoms with Gasteiger partial charge in [0.15, 0.2) is 0 Å². The van der Waals surface area contributed by atoms with Gasteiger partial charge in [0.25, 0.3) is 0 Å². The van der Waals surface area contributed by atoms with Crippen molar-refractivity contribution in [3.8, 4) is 0 Å². The first-order valence-corrected chi connectivity index (χ1v) is 11.1. The third-order valence-corrected chi connectivity index (χ3v) is 4.51. The van der Waals surface area contributed by atoms with E-state index in [1.54, 1.807) is 0 Å². The molecule has 10 N–H and O–H groups in total. The number of hydrazine groups is 7. The smallest absolute Gasteiger partial charge is 0.420 e.